The fourth-order valence-electron chi connectivity index (χ4n) is 2.61. The molecule has 0 amide bonds. The van der Waals surface area contributed by atoms with Gasteiger partial charge in [0.1, 0.15) is 0 Å². The number of nitrogens with one attached hydrogen (secondary N) is 2. The van der Waals surface area contributed by atoms with E-state index in [2.05, 4.69) is 29.5 Å². The van der Waals surface area contributed by atoms with Gasteiger partial charge in [-0.1, -0.05) is 26.7 Å². The third-order valence-electron chi connectivity index (χ3n) is 3.99. The predicted octanol–water partition coefficient (Wildman–Crippen LogP) is 4.21. The molecule has 0 bridgehead atoms. The van der Waals surface area contributed by atoms with E-state index < -0.39 is 0 Å². The fraction of sp³-hybridized carbons (Fsp3) is 0.650. The van der Waals surface area contributed by atoms with Crippen LogP contribution in [0.1, 0.15) is 45.6 Å². The van der Waals surface area contributed by atoms with E-state index in [1.165, 1.54) is 12.8 Å². The van der Waals surface area contributed by atoms with Gasteiger partial charge in [0, 0.05) is 20.1 Å². The summed E-state index contributed by atoms with van der Waals surface area (Å²) in [4.78, 5) is 4.28. The summed E-state index contributed by atoms with van der Waals surface area (Å²) >= 11 is 0. The molecule has 1 rings (SSSR count). The lowest BCUT2D eigenvalue weighted by Gasteiger charge is -2.16. The SMILES string of the molecule is CCOc1c(OC)cc(CNC(=NC)NCCCCC(C)C)cc1OC.I. The van der Waals surface area contributed by atoms with Gasteiger partial charge in [0.2, 0.25) is 5.75 Å². The Kier molecular flexibility index (Phi) is 13.9. The van der Waals surface area contributed by atoms with E-state index in [9.17, 15) is 0 Å². The van der Waals surface area contributed by atoms with E-state index in [4.69, 9.17) is 14.2 Å². The van der Waals surface area contributed by atoms with Crippen LogP contribution in [-0.2, 0) is 6.54 Å². The number of guanidine groups is 1. The van der Waals surface area contributed by atoms with Crippen LogP contribution in [0.4, 0.5) is 0 Å². The first-order valence-corrected chi connectivity index (χ1v) is 9.37. The third kappa shape index (κ3) is 9.39. The Morgan fingerprint density at radius 2 is 1.70 bits per heavy atom. The van der Waals surface area contributed by atoms with Crippen molar-refractivity contribution in [3.8, 4) is 17.2 Å². The molecule has 0 aliphatic rings. The third-order valence-corrected chi connectivity index (χ3v) is 3.99. The van der Waals surface area contributed by atoms with Gasteiger partial charge < -0.3 is 24.8 Å². The molecule has 0 aromatic heterocycles. The van der Waals surface area contributed by atoms with Crippen LogP contribution >= 0.6 is 24.0 Å². The Morgan fingerprint density at radius 3 is 2.19 bits per heavy atom. The maximum atomic E-state index is 5.64. The van der Waals surface area contributed by atoms with Crippen molar-refractivity contribution >= 4 is 29.9 Å². The zero-order valence-electron chi connectivity index (χ0n) is 17.6. The molecule has 0 spiro atoms. The van der Waals surface area contributed by atoms with Crippen LogP contribution in [-0.4, -0.2) is 40.4 Å². The van der Waals surface area contributed by atoms with Crippen molar-refractivity contribution in [3.05, 3.63) is 17.7 Å². The summed E-state index contributed by atoms with van der Waals surface area (Å²) < 4.78 is 16.5. The summed E-state index contributed by atoms with van der Waals surface area (Å²) in [6.07, 6.45) is 3.64. The molecule has 156 valence electrons. The summed E-state index contributed by atoms with van der Waals surface area (Å²) in [6.45, 7) is 8.54. The van der Waals surface area contributed by atoms with Gasteiger partial charge in [-0.25, -0.2) is 0 Å². The average molecular weight is 493 g/mol. The molecule has 0 aliphatic heterocycles. The van der Waals surface area contributed by atoms with Crippen molar-refractivity contribution in [3.63, 3.8) is 0 Å². The molecule has 1 aromatic carbocycles. The monoisotopic (exact) mass is 493 g/mol. The smallest absolute Gasteiger partial charge is 0.203 e. The van der Waals surface area contributed by atoms with Crippen molar-refractivity contribution in [2.75, 3.05) is 34.4 Å². The van der Waals surface area contributed by atoms with Crippen molar-refractivity contribution in [2.45, 2.75) is 46.6 Å². The van der Waals surface area contributed by atoms with E-state index in [-0.39, 0.29) is 24.0 Å². The van der Waals surface area contributed by atoms with E-state index in [0.29, 0.717) is 30.4 Å². The maximum absolute atomic E-state index is 5.64. The van der Waals surface area contributed by atoms with Gasteiger partial charge in [-0.2, -0.15) is 0 Å². The number of halogens is 1. The Labute approximate surface area is 181 Å². The van der Waals surface area contributed by atoms with E-state index in [0.717, 1.165) is 30.4 Å². The second-order valence-electron chi connectivity index (χ2n) is 6.50. The average Bonchev–Trinajstić information content (AvgIpc) is 2.64. The summed E-state index contributed by atoms with van der Waals surface area (Å²) in [6, 6.07) is 3.91. The van der Waals surface area contributed by atoms with E-state index in [1.807, 2.05) is 19.1 Å². The lowest BCUT2D eigenvalue weighted by Crippen LogP contribution is -2.37. The number of hydrogen-bond acceptors (Lipinski definition) is 4. The first-order valence-electron chi connectivity index (χ1n) is 9.37. The molecule has 0 fully saturated rings. The van der Waals surface area contributed by atoms with Gasteiger partial charge in [-0.05, 0) is 37.0 Å². The van der Waals surface area contributed by atoms with Crippen LogP contribution in [0.25, 0.3) is 0 Å². The van der Waals surface area contributed by atoms with Gasteiger partial charge in [-0.3, -0.25) is 4.99 Å². The van der Waals surface area contributed by atoms with Crippen LogP contribution in [0.15, 0.2) is 17.1 Å². The van der Waals surface area contributed by atoms with Gasteiger partial charge >= 0.3 is 0 Å². The van der Waals surface area contributed by atoms with Crippen molar-refractivity contribution in [1.82, 2.24) is 10.6 Å². The second-order valence-corrected chi connectivity index (χ2v) is 6.50. The minimum atomic E-state index is 0. The number of aliphatic imine (C=N–C) groups is 1. The molecule has 6 nitrogen and oxygen atoms in total. The Hall–Kier alpha value is -1.38. The van der Waals surface area contributed by atoms with Crippen molar-refractivity contribution in [1.29, 1.82) is 0 Å². The highest BCUT2D eigenvalue weighted by atomic mass is 127. The number of ether oxygens (including phenoxy) is 3. The number of methoxy groups -OCH3 is 2. The molecular weight excluding hydrogens is 457 g/mol. The largest absolute Gasteiger partial charge is 0.493 e. The number of rotatable bonds is 11. The number of hydrogen-bond donors (Lipinski definition) is 2. The zero-order chi connectivity index (χ0) is 19.4. The molecule has 7 heteroatoms. The molecule has 0 unspecified atom stereocenters. The Bertz CT molecular complexity index is 540. The molecule has 2 N–H and O–H groups in total. The molecule has 27 heavy (non-hydrogen) atoms. The minimum absolute atomic E-state index is 0. The quantitative estimate of drug-likeness (QED) is 0.209. The highest BCUT2D eigenvalue weighted by Crippen LogP contribution is 2.38. The lowest BCUT2D eigenvalue weighted by atomic mass is 10.1. The number of unbranched alkanes of at least 4 members (excludes halogenated alkanes) is 1. The molecule has 0 saturated carbocycles. The molecule has 0 saturated heterocycles. The highest BCUT2D eigenvalue weighted by Gasteiger charge is 2.14. The highest BCUT2D eigenvalue weighted by molar-refractivity contribution is 14.0. The topological polar surface area (TPSA) is 64.1 Å². The van der Waals surface area contributed by atoms with E-state index >= 15 is 0 Å². The fourth-order valence-corrected chi connectivity index (χ4v) is 2.61. The summed E-state index contributed by atoms with van der Waals surface area (Å²) in [7, 11) is 5.04. The van der Waals surface area contributed by atoms with Crippen LogP contribution in [0, 0.1) is 5.92 Å². The predicted molar refractivity (Wildman–Crippen MR) is 123 cm³/mol. The number of nitrogens with zero attached hydrogens (tertiary/aromatic N) is 1. The summed E-state index contributed by atoms with van der Waals surface area (Å²) in [5.74, 6) is 3.52. The van der Waals surface area contributed by atoms with Crippen LogP contribution in [0.2, 0.25) is 0 Å². The zero-order valence-corrected chi connectivity index (χ0v) is 19.9. The first-order chi connectivity index (χ1) is 12.5. The number of benzene rings is 1. The van der Waals surface area contributed by atoms with Crippen LogP contribution in [0.5, 0.6) is 17.2 Å². The van der Waals surface area contributed by atoms with Gasteiger partial charge in [0.15, 0.2) is 17.5 Å². The molecule has 1 aromatic rings. The van der Waals surface area contributed by atoms with E-state index in [1.54, 1.807) is 21.3 Å². The maximum Gasteiger partial charge on any atom is 0.203 e. The first kappa shape index (κ1) is 25.6. The lowest BCUT2D eigenvalue weighted by molar-refractivity contribution is 0.288. The van der Waals surface area contributed by atoms with Gasteiger partial charge in [0.05, 0.1) is 20.8 Å². The summed E-state index contributed by atoms with van der Waals surface area (Å²) in [5, 5.41) is 6.68. The standard InChI is InChI=1S/C20H35N3O3.HI/c1-7-26-19-17(24-5)12-16(13-18(19)25-6)14-23-20(21-4)22-11-9-8-10-15(2)3;/h12-13,15H,7-11,14H2,1-6H3,(H2,21,22,23);1H. The van der Waals surface area contributed by atoms with Crippen molar-refractivity contribution in [2.24, 2.45) is 10.9 Å². The molecular formula is C20H36IN3O3. The molecule has 0 radical (unpaired) electrons. The minimum Gasteiger partial charge on any atom is -0.493 e. The normalized spacial score (nSPS) is 11.0. The Balaban J connectivity index is 0.00000676. The van der Waals surface area contributed by atoms with Crippen molar-refractivity contribution < 1.29 is 14.2 Å². The molecule has 0 heterocycles. The Morgan fingerprint density at radius 1 is 1.07 bits per heavy atom. The summed E-state index contributed by atoms with van der Waals surface area (Å²) in [5.41, 5.74) is 1.03. The van der Waals surface area contributed by atoms with Crippen LogP contribution < -0.4 is 24.8 Å². The second kappa shape index (κ2) is 14.6. The van der Waals surface area contributed by atoms with Crippen LogP contribution in [0.3, 0.4) is 0 Å². The van der Waals surface area contributed by atoms with Gasteiger partial charge in [-0.15, -0.1) is 24.0 Å². The molecule has 0 aliphatic carbocycles. The van der Waals surface area contributed by atoms with Gasteiger partial charge in [0.25, 0.3) is 0 Å². The molecule has 0 atom stereocenters.